The lowest BCUT2D eigenvalue weighted by molar-refractivity contribution is -0.147. The summed E-state index contributed by atoms with van der Waals surface area (Å²) >= 11 is 0. The van der Waals surface area contributed by atoms with Crippen molar-refractivity contribution < 1.29 is 14.3 Å². The predicted octanol–water partition coefficient (Wildman–Crippen LogP) is 4.56. The average Bonchev–Trinajstić information content (AvgIpc) is 2.64. The van der Waals surface area contributed by atoms with E-state index in [4.69, 9.17) is 9.47 Å². The van der Waals surface area contributed by atoms with E-state index in [0.29, 0.717) is 19.1 Å². The molecule has 0 bridgehead atoms. The zero-order valence-corrected chi connectivity index (χ0v) is 15.9. The number of hydrogen-bond acceptors (Lipinski definition) is 4. The van der Waals surface area contributed by atoms with Gasteiger partial charge in [0.2, 0.25) is 0 Å². The molecule has 1 saturated carbocycles. The van der Waals surface area contributed by atoms with E-state index in [-0.39, 0.29) is 5.91 Å². The van der Waals surface area contributed by atoms with Crippen molar-refractivity contribution in [3.05, 3.63) is 30.5 Å². The lowest BCUT2D eigenvalue weighted by Gasteiger charge is -2.38. The molecule has 1 N–H and O–H groups in total. The Hall–Kier alpha value is -2.14. The number of pyridine rings is 1. The van der Waals surface area contributed by atoms with Gasteiger partial charge in [-0.25, -0.2) is 0 Å². The first-order valence-electron chi connectivity index (χ1n) is 9.55. The molecule has 2 atom stereocenters. The second kappa shape index (κ2) is 8.04. The Morgan fingerprint density at radius 3 is 2.88 bits per heavy atom. The Balaban J connectivity index is 1.92. The number of nitrogens with one attached hydrogen (secondary N) is 1. The molecule has 2 unspecified atom stereocenters. The topological polar surface area (TPSA) is 60.5 Å². The fraction of sp³-hybridized carbons (Fsp3) is 0.524. The first kappa shape index (κ1) is 18.6. The largest absolute Gasteiger partial charge is 0.492 e. The number of benzene rings is 1. The zero-order chi connectivity index (χ0) is 18.6. The van der Waals surface area contributed by atoms with Crippen molar-refractivity contribution in [3.8, 4) is 5.75 Å². The van der Waals surface area contributed by atoms with E-state index >= 15 is 0 Å². The quantitative estimate of drug-likeness (QED) is 0.824. The third-order valence-corrected chi connectivity index (χ3v) is 5.07. The maximum Gasteiger partial charge on any atom is 0.256 e. The van der Waals surface area contributed by atoms with Crippen LogP contribution in [-0.2, 0) is 9.53 Å². The van der Waals surface area contributed by atoms with Gasteiger partial charge >= 0.3 is 0 Å². The molecule has 5 heteroatoms. The summed E-state index contributed by atoms with van der Waals surface area (Å²) in [5, 5.41) is 3.99. The van der Waals surface area contributed by atoms with Gasteiger partial charge in [-0.05, 0) is 63.3 Å². The Bertz CT molecular complexity index is 773. The molecule has 1 fully saturated rings. The van der Waals surface area contributed by atoms with Gasteiger partial charge in [0.1, 0.15) is 16.9 Å². The molecule has 1 aliphatic carbocycles. The molecule has 0 aliphatic heterocycles. The van der Waals surface area contributed by atoms with Crippen LogP contribution < -0.4 is 10.1 Å². The Labute approximate surface area is 155 Å². The molecule has 1 heterocycles. The van der Waals surface area contributed by atoms with Crippen molar-refractivity contribution in [2.24, 2.45) is 5.92 Å². The van der Waals surface area contributed by atoms with Crippen molar-refractivity contribution in [2.45, 2.75) is 52.1 Å². The summed E-state index contributed by atoms with van der Waals surface area (Å²) in [5.41, 5.74) is 0.771. The third-order valence-electron chi connectivity index (χ3n) is 5.07. The van der Waals surface area contributed by atoms with Gasteiger partial charge in [0.15, 0.2) is 0 Å². The van der Waals surface area contributed by atoms with Gasteiger partial charge in [-0.2, -0.15) is 0 Å². The first-order valence-corrected chi connectivity index (χ1v) is 9.55. The zero-order valence-electron chi connectivity index (χ0n) is 15.9. The second-order valence-electron chi connectivity index (χ2n) is 7.03. The fourth-order valence-electron chi connectivity index (χ4n) is 3.95. The molecule has 5 nitrogen and oxygen atoms in total. The van der Waals surface area contributed by atoms with Crippen LogP contribution in [0.5, 0.6) is 5.75 Å². The van der Waals surface area contributed by atoms with E-state index in [0.717, 1.165) is 48.0 Å². The molecule has 0 saturated heterocycles. The third kappa shape index (κ3) is 3.68. The summed E-state index contributed by atoms with van der Waals surface area (Å²) in [6, 6.07) is 7.58. The van der Waals surface area contributed by atoms with Gasteiger partial charge < -0.3 is 14.8 Å². The SMILES string of the molecule is CCOc1ccc(NC(=O)C2(OCC)CCCC(C)C2)c2cccnc12. The number of aromatic nitrogens is 1. The van der Waals surface area contributed by atoms with Crippen molar-refractivity contribution in [2.75, 3.05) is 18.5 Å². The molecule has 1 amide bonds. The predicted molar refractivity (Wildman–Crippen MR) is 104 cm³/mol. The number of rotatable bonds is 6. The molecular weight excluding hydrogens is 328 g/mol. The van der Waals surface area contributed by atoms with Crippen LogP contribution in [0.3, 0.4) is 0 Å². The monoisotopic (exact) mass is 356 g/mol. The molecule has 26 heavy (non-hydrogen) atoms. The number of carbonyl (C=O) groups is 1. The van der Waals surface area contributed by atoms with Crippen molar-refractivity contribution >= 4 is 22.5 Å². The van der Waals surface area contributed by atoms with E-state index in [9.17, 15) is 4.79 Å². The highest BCUT2D eigenvalue weighted by Gasteiger charge is 2.42. The number of ether oxygens (including phenoxy) is 2. The van der Waals surface area contributed by atoms with Crippen LogP contribution in [0.1, 0.15) is 46.5 Å². The van der Waals surface area contributed by atoms with Crippen molar-refractivity contribution in [1.82, 2.24) is 4.98 Å². The summed E-state index contributed by atoms with van der Waals surface area (Å²) in [6.07, 6.45) is 5.43. The highest BCUT2D eigenvalue weighted by Crippen LogP contribution is 2.37. The molecule has 140 valence electrons. The lowest BCUT2D eigenvalue weighted by atomic mass is 9.78. The molecule has 0 spiro atoms. The summed E-state index contributed by atoms with van der Waals surface area (Å²) in [4.78, 5) is 17.6. The van der Waals surface area contributed by atoms with Crippen LogP contribution >= 0.6 is 0 Å². The van der Waals surface area contributed by atoms with E-state index in [1.54, 1.807) is 6.20 Å². The van der Waals surface area contributed by atoms with Gasteiger partial charge in [0.25, 0.3) is 5.91 Å². The van der Waals surface area contributed by atoms with Gasteiger partial charge in [-0.3, -0.25) is 9.78 Å². The number of hydrogen-bond donors (Lipinski definition) is 1. The molecule has 1 aromatic carbocycles. The second-order valence-corrected chi connectivity index (χ2v) is 7.03. The Morgan fingerprint density at radius 2 is 2.15 bits per heavy atom. The molecule has 1 aromatic heterocycles. The van der Waals surface area contributed by atoms with E-state index in [1.807, 2.05) is 38.1 Å². The summed E-state index contributed by atoms with van der Waals surface area (Å²) in [6.45, 7) is 7.19. The van der Waals surface area contributed by atoms with Gasteiger partial charge in [-0.1, -0.05) is 13.3 Å². The average molecular weight is 356 g/mol. The highest BCUT2D eigenvalue weighted by atomic mass is 16.5. The first-order chi connectivity index (χ1) is 12.6. The normalized spacial score (nSPS) is 23.0. The number of anilines is 1. The van der Waals surface area contributed by atoms with E-state index in [1.165, 1.54) is 0 Å². The van der Waals surface area contributed by atoms with Crippen LogP contribution in [0.2, 0.25) is 0 Å². The van der Waals surface area contributed by atoms with Crippen molar-refractivity contribution in [1.29, 1.82) is 0 Å². The minimum Gasteiger partial charge on any atom is -0.492 e. The smallest absolute Gasteiger partial charge is 0.256 e. The van der Waals surface area contributed by atoms with E-state index < -0.39 is 5.60 Å². The Kier molecular flexibility index (Phi) is 5.77. The molecule has 3 rings (SSSR count). The maximum absolute atomic E-state index is 13.2. The summed E-state index contributed by atoms with van der Waals surface area (Å²) in [7, 11) is 0. The minimum atomic E-state index is -0.737. The number of carbonyl (C=O) groups excluding carboxylic acids is 1. The molecule has 0 radical (unpaired) electrons. The lowest BCUT2D eigenvalue weighted by Crippen LogP contribution is -2.48. The standard InChI is InChI=1S/C21H28N2O3/c1-4-25-18-11-10-17(16-9-7-13-22-19(16)18)23-20(24)21(26-5-2)12-6-8-15(3)14-21/h7,9-11,13,15H,4-6,8,12,14H2,1-3H3,(H,23,24). The van der Waals surface area contributed by atoms with Crippen LogP contribution in [0.15, 0.2) is 30.5 Å². The number of fused-ring (bicyclic) bond motifs is 1. The van der Waals surface area contributed by atoms with Crippen molar-refractivity contribution in [3.63, 3.8) is 0 Å². The highest BCUT2D eigenvalue weighted by molar-refractivity contribution is 6.05. The van der Waals surface area contributed by atoms with E-state index in [2.05, 4.69) is 17.2 Å². The number of amides is 1. The van der Waals surface area contributed by atoms with Crippen LogP contribution in [0.25, 0.3) is 10.9 Å². The minimum absolute atomic E-state index is 0.0554. The molecular formula is C21H28N2O3. The number of nitrogens with zero attached hydrogens (tertiary/aromatic N) is 1. The van der Waals surface area contributed by atoms with Crippen LogP contribution in [0.4, 0.5) is 5.69 Å². The summed E-state index contributed by atoms with van der Waals surface area (Å²) in [5.74, 6) is 1.16. The van der Waals surface area contributed by atoms with Crippen LogP contribution in [-0.4, -0.2) is 29.7 Å². The fourth-order valence-corrected chi connectivity index (χ4v) is 3.95. The maximum atomic E-state index is 13.2. The molecule has 2 aromatic rings. The van der Waals surface area contributed by atoms with Gasteiger partial charge in [0, 0.05) is 18.2 Å². The van der Waals surface area contributed by atoms with Gasteiger partial charge in [0.05, 0.1) is 12.3 Å². The Morgan fingerprint density at radius 1 is 1.31 bits per heavy atom. The molecule has 1 aliphatic rings. The summed E-state index contributed by atoms with van der Waals surface area (Å²) < 4.78 is 11.7. The van der Waals surface area contributed by atoms with Crippen LogP contribution in [0, 0.1) is 5.92 Å². The van der Waals surface area contributed by atoms with Gasteiger partial charge in [-0.15, -0.1) is 0 Å².